The summed E-state index contributed by atoms with van der Waals surface area (Å²) in [5.74, 6) is 0. The van der Waals surface area contributed by atoms with Crippen LogP contribution in [-0.2, 0) is 12.8 Å². The maximum absolute atomic E-state index is 2.58. The number of hydrogen-bond donors (Lipinski definition) is 0. The molecule has 0 saturated heterocycles. The van der Waals surface area contributed by atoms with Gasteiger partial charge in [-0.15, -0.1) is 0 Å². The Bertz CT molecular complexity index is 1250. The van der Waals surface area contributed by atoms with Crippen LogP contribution in [0.3, 0.4) is 0 Å². The normalized spacial score (nSPS) is 12.5. The fourth-order valence-corrected chi connectivity index (χ4v) is 20.5. The second kappa shape index (κ2) is 14.9. The van der Waals surface area contributed by atoms with Crippen molar-refractivity contribution in [3.8, 4) is 29.3 Å². The van der Waals surface area contributed by atoms with Crippen LogP contribution in [0.4, 0.5) is 0 Å². The average molecular weight is 824 g/mol. The molecule has 0 aliphatic heterocycles. The Morgan fingerprint density at radius 3 is 1.20 bits per heavy atom. The Hall–Kier alpha value is 0.397. The molecule has 0 atom stereocenters. The molecule has 0 saturated carbocycles. The van der Waals surface area contributed by atoms with Gasteiger partial charge in [0.2, 0.25) is 0 Å². The first kappa shape index (κ1) is 33.3. The summed E-state index contributed by atoms with van der Waals surface area (Å²) in [5.41, 5.74) is 3.18. The van der Waals surface area contributed by atoms with Crippen LogP contribution >= 0.6 is 45.3 Å². The Morgan fingerprint density at radius 1 is 0.475 bits per heavy atom. The fraction of sp³-hybridized carbons (Fsp3) is 0.529. The number of thiophene rings is 4. The van der Waals surface area contributed by atoms with Gasteiger partial charge >= 0.3 is 272 Å². The molecule has 0 N–H and O–H groups in total. The van der Waals surface area contributed by atoms with Crippen molar-refractivity contribution in [2.45, 2.75) is 108 Å². The molecule has 4 aromatic rings. The number of rotatable bonds is 15. The quantitative estimate of drug-likeness (QED) is 0.0828. The van der Waals surface area contributed by atoms with Gasteiger partial charge in [0.15, 0.2) is 0 Å². The van der Waals surface area contributed by atoms with Crippen LogP contribution in [-0.4, -0.2) is 36.8 Å². The molecule has 0 spiro atoms. The zero-order valence-electron chi connectivity index (χ0n) is 26.2. The van der Waals surface area contributed by atoms with E-state index in [1.165, 1.54) is 83.7 Å². The second-order valence-corrected chi connectivity index (χ2v) is 48.5. The molecule has 218 valence electrons. The minimum absolute atomic E-state index is 1.22. The van der Waals surface area contributed by atoms with Crippen LogP contribution in [0, 0.1) is 0 Å². The third-order valence-corrected chi connectivity index (χ3v) is 31.7. The summed E-state index contributed by atoms with van der Waals surface area (Å²) < 4.78 is 3.39. The molecule has 6 heteroatoms. The van der Waals surface area contributed by atoms with Crippen LogP contribution < -0.4 is 5.79 Å². The van der Waals surface area contributed by atoms with E-state index in [-0.39, 0.29) is 0 Å². The zero-order chi connectivity index (χ0) is 28.9. The third-order valence-electron chi connectivity index (χ3n) is 7.60. The van der Waals surface area contributed by atoms with Crippen molar-refractivity contribution >= 4 is 87.9 Å². The van der Waals surface area contributed by atoms with Gasteiger partial charge in [-0.05, 0) is 0 Å². The molecule has 0 fully saturated rings. The molecule has 0 aliphatic carbocycles. The molecule has 0 bridgehead atoms. The van der Waals surface area contributed by atoms with E-state index in [1.54, 1.807) is 26.7 Å². The van der Waals surface area contributed by atoms with Crippen LogP contribution in [0.15, 0.2) is 36.4 Å². The first-order chi connectivity index (χ1) is 19.0. The Balaban J connectivity index is 1.72. The van der Waals surface area contributed by atoms with E-state index in [2.05, 4.69) is 125 Å². The van der Waals surface area contributed by atoms with Gasteiger partial charge < -0.3 is 0 Å². The van der Waals surface area contributed by atoms with E-state index in [9.17, 15) is 0 Å². The van der Waals surface area contributed by atoms with Crippen LogP contribution in [0.5, 0.6) is 0 Å². The van der Waals surface area contributed by atoms with E-state index in [0.717, 1.165) is 0 Å². The van der Waals surface area contributed by atoms with Crippen molar-refractivity contribution in [1.29, 1.82) is 0 Å². The third kappa shape index (κ3) is 8.74. The standard InChI is InChI=1S/C28H32S4.6CH3.2Sn/c1-3-5-7-9-13-21-19-25(31-27(21)23-15-11-17-29-23)26-20-22(14-10-8-6-4-2)28(32-26)24-16-12-18-30-24;;;;;;;;/h11-12,15-16,19-20H,3-10,13-14H2,1-2H3;6*1H3;;. The van der Waals surface area contributed by atoms with Crippen molar-refractivity contribution in [1.82, 2.24) is 0 Å². The Kier molecular flexibility index (Phi) is 12.4. The van der Waals surface area contributed by atoms with Gasteiger partial charge in [-0.1, -0.05) is 0 Å². The van der Waals surface area contributed by atoms with E-state index < -0.39 is 36.8 Å². The summed E-state index contributed by atoms with van der Waals surface area (Å²) in [4.78, 5) is 24.4. The van der Waals surface area contributed by atoms with Gasteiger partial charge in [-0.25, -0.2) is 0 Å². The van der Waals surface area contributed by atoms with Gasteiger partial charge in [-0.3, -0.25) is 0 Å². The average Bonchev–Trinajstić information content (AvgIpc) is 3.68. The molecule has 4 aromatic heterocycles. The van der Waals surface area contributed by atoms with Crippen molar-refractivity contribution in [3.05, 3.63) is 47.5 Å². The van der Waals surface area contributed by atoms with Crippen molar-refractivity contribution < 1.29 is 0 Å². The predicted octanol–water partition coefficient (Wildman–Crippen LogP) is 12.3. The summed E-state index contributed by atoms with van der Waals surface area (Å²) >= 11 is 4.21. The van der Waals surface area contributed by atoms with Crippen LogP contribution in [0.25, 0.3) is 29.3 Å². The molecule has 0 aromatic carbocycles. The van der Waals surface area contributed by atoms with E-state index in [0.29, 0.717) is 0 Å². The number of aryl methyl sites for hydroxylation is 2. The summed E-state index contributed by atoms with van der Waals surface area (Å²) in [6.45, 7) is 4.63. The maximum atomic E-state index is 2.58. The topological polar surface area (TPSA) is 0 Å². The van der Waals surface area contributed by atoms with Crippen LogP contribution in [0.1, 0.15) is 76.3 Å². The molecule has 0 unspecified atom stereocenters. The molecule has 0 radical (unpaired) electrons. The van der Waals surface area contributed by atoms with Gasteiger partial charge in [0.25, 0.3) is 0 Å². The van der Waals surface area contributed by atoms with Gasteiger partial charge in [0.1, 0.15) is 0 Å². The summed E-state index contributed by atoms with van der Waals surface area (Å²) in [5, 5.41) is 0. The minimum atomic E-state index is -2.07. The van der Waals surface area contributed by atoms with Crippen molar-refractivity contribution in [2.75, 3.05) is 0 Å². The van der Waals surface area contributed by atoms with Crippen LogP contribution in [0.2, 0.25) is 29.6 Å². The Morgan fingerprint density at radius 2 is 0.875 bits per heavy atom. The van der Waals surface area contributed by atoms with Gasteiger partial charge in [-0.2, -0.15) is 0 Å². The molecular formula is C34H50S4Sn2. The van der Waals surface area contributed by atoms with E-state index >= 15 is 0 Å². The van der Waals surface area contributed by atoms with E-state index in [1.807, 2.05) is 0 Å². The van der Waals surface area contributed by atoms with Crippen molar-refractivity contribution in [2.24, 2.45) is 0 Å². The van der Waals surface area contributed by atoms with E-state index in [4.69, 9.17) is 0 Å². The molecule has 40 heavy (non-hydrogen) atoms. The monoisotopic (exact) mass is 826 g/mol. The van der Waals surface area contributed by atoms with Crippen molar-refractivity contribution in [3.63, 3.8) is 0 Å². The summed E-state index contributed by atoms with van der Waals surface area (Å²) in [6.07, 6.45) is 13.1. The molecular weight excluding hydrogens is 774 g/mol. The molecule has 4 rings (SSSR count). The SMILES string of the molecule is CCCCCCc1cc(-c2cc(CCCCCC)c(-c3cc[c]([Sn]([CH3])([CH3])[CH3])s3)s2)sc1-c1cc[c]([Sn]([CH3])([CH3])[CH3])s1. The number of hydrogen-bond acceptors (Lipinski definition) is 4. The number of unbranched alkanes of at least 4 members (excludes halogenated alkanes) is 6. The van der Waals surface area contributed by atoms with Gasteiger partial charge in [0.05, 0.1) is 0 Å². The first-order valence-electron chi connectivity index (χ1n) is 15.5. The first-order valence-corrected chi connectivity index (χ1v) is 38.7. The molecule has 4 heterocycles. The second-order valence-electron chi connectivity index (χ2n) is 13.4. The fourth-order valence-electron chi connectivity index (χ4n) is 5.10. The summed E-state index contributed by atoms with van der Waals surface area (Å²) in [7, 11) is 0. The molecule has 0 nitrogen and oxygen atoms in total. The predicted molar refractivity (Wildman–Crippen MR) is 196 cm³/mol. The molecule has 0 aliphatic rings. The summed E-state index contributed by atoms with van der Waals surface area (Å²) in [6, 6.07) is 15.0. The van der Waals surface area contributed by atoms with Gasteiger partial charge in [0, 0.05) is 0 Å². The molecule has 0 amide bonds. The Labute approximate surface area is 269 Å². The zero-order valence-corrected chi connectivity index (χ0v) is 35.1.